The minimum atomic E-state index is -0.163. The van der Waals surface area contributed by atoms with Crippen LogP contribution in [0.4, 0.5) is 5.69 Å². The number of amides is 1. The van der Waals surface area contributed by atoms with E-state index in [0.717, 1.165) is 31.1 Å². The molecule has 0 spiro atoms. The van der Waals surface area contributed by atoms with Gasteiger partial charge in [-0.05, 0) is 56.3 Å². The number of piperidine rings is 1. The molecule has 6 nitrogen and oxygen atoms in total. The Morgan fingerprint density at radius 1 is 1.00 bits per heavy atom. The molecule has 4 rings (SSSR count). The zero-order valence-electron chi connectivity index (χ0n) is 16.9. The standard InChI is InChI=1S/C22H23Cl2N5OS/c23-16-11-17(24)13-18(12-16)25-21(30)15-31-22-27-26-20(14-28-9-5-2-6-10-28)29(22)19-7-3-1-4-8-19/h1,3-4,7-8,11-13H,2,5-6,9-10,14-15H2,(H,25,30). The first-order valence-corrected chi connectivity index (χ1v) is 11.9. The molecule has 1 aromatic heterocycles. The SMILES string of the molecule is O=C(CSc1nnc(CN2CCCCC2)n1-c1ccccc1)Nc1cc(Cl)cc(Cl)c1. The summed E-state index contributed by atoms with van der Waals surface area (Å²) in [7, 11) is 0. The van der Waals surface area contributed by atoms with Crippen LogP contribution in [0.1, 0.15) is 25.1 Å². The van der Waals surface area contributed by atoms with Crippen LogP contribution in [0.2, 0.25) is 10.0 Å². The summed E-state index contributed by atoms with van der Waals surface area (Å²) in [6.45, 7) is 2.90. The fraction of sp³-hybridized carbons (Fsp3) is 0.318. The van der Waals surface area contributed by atoms with E-state index < -0.39 is 0 Å². The van der Waals surface area contributed by atoms with Crippen LogP contribution in [-0.4, -0.2) is 44.4 Å². The minimum absolute atomic E-state index is 0.163. The third kappa shape index (κ3) is 6.01. The molecule has 1 aliphatic heterocycles. The zero-order valence-corrected chi connectivity index (χ0v) is 19.3. The summed E-state index contributed by atoms with van der Waals surface area (Å²) in [6, 6.07) is 15.0. The Bertz CT molecular complexity index is 1020. The van der Waals surface area contributed by atoms with Gasteiger partial charge < -0.3 is 5.32 Å². The number of benzene rings is 2. The number of anilines is 1. The first-order chi connectivity index (χ1) is 15.1. The average molecular weight is 476 g/mol. The van der Waals surface area contributed by atoms with E-state index in [2.05, 4.69) is 20.4 Å². The third-order valence-electron chi connectivity index (χ3n) is 5.01. The number of rotatable bonds is 7. The molecule has 0 aliphatic carbocycles. The number of thioether (sulfide) groups is 1. The molecular weight excluding hydrogens is 453 g/mol. The van der Waals surface area contributed by atoms with Gasteiger partial charge in [0.25, 0.3) is 0 Å². The summed E-state index contributed by atoms with van der Waals surface area (Å²) in [5.41, 5.74) is 1.56. The van der Waals surface area contributed by atoms with Crippen molar-refractivity contribution in [2.24, 2.45) is 0 Å². The van der Waals surface area contributed by atoms with E-state index in [1.807, 2.05) is 34.9 Å². The summed E-state index contributed by atoms with van der Waals surface area (Å²) in [4.78, 5) is 14.9. The number of nitrogens with zero attached hydrogens (tertiary/aromatic N) is 4. The van der Waals surface area contributed by atoms with Crippen molar-refractivity contribution in [3.05, 3.63) is 64.4 Å². The lowest BCUT2D eigenvalue weighted by Crippen LogP contribution is -2.30. The molecule has 1 N–H and O–H groups in total. The van der Waals surface area contributed by atoms with Crippen LogP contribution in [0.3, 0.4) is 0 Å². The van der Waals surface area contributed by atoms with Gasteiger partial charge in [-0.2, -0.15) is 0 Å². The van der Waals surface area contributed by atoms with E-state index in [1.165, 1.54) is 31.0 Å². The highest BCUT2D eigenvalue weighted by atomic mass is 35.5. The van der Waals surface area contributed by atoms with Crippen LogP contribution < -0.4 is 5.32 Å². The maximum Gasteiger partial charge on any atom is 0.234 e. The molecule has 2 aromatic carbocycles. The Labute approximate surface area is 195 Å². The number of likely N-dealkylation sites (tertiary alicyclic amines) is 1. The third-order valence-corrected chi connectivity index (χ3v) is 6.37. The summed E-state index contributed by atoms with van der Waals surface area (Å²) < 4.78 is 2.04. The topological polar surface area (TPSA) is 63.1 Å². The fourth-order valence-corrected chi connectivity index (χ4v) is 4.90. The molecule has 1 amide bonds. The molecule has 2 heterocycles. The van der Waals surface area contributed by atoms with Gasteiger partial charge in [-0.3, -0.25) is 14.3 Å². The Morgan fingerprint density at radius 2 is 1.71 bits per heavy atom. The predicted octanol–water partition coefficient (Wildman–Crippen LogP) is 5.29. The molecule has 1 aliphatic rings. The second-order valence-electron chi connectivity index (χ2n) is 7.40. The number of hydrogen-bond donors (Lipinski definition) is 1. The number of halogens is 2. The molecule has 0 radical (unpaired) electrons. The molecule has 0 unspecified atom stereocenters. The molecule has 3 aromatic rings. The van der Waals surface area contributed by atoms with Crippen molar-refractivity contribution in [3.8, 4) is 5.69 Å². The Balaban J connectivity index is 1.48. The monoisotopic (exact) mass is 475 g/mol. The van der Waals surface area contributed by atoms with Gasteiger partial charge in [0.15, 0.2) is 11.0 Å². The quantitative estimate of drug-likeness (QED) is 0.470. The molecule has 31 heavy (non-hydrogen) atoms. The maximum absolute atomic E-state index is 12.5. The van der Waals surface area contributed by atoms with Crippen LogP contribution in [-0.2, 0) is 11.3 Å². The van der Waals surface area contributed by atoms with Crippen LogP contribution in [0.15, 0.2) is 53.7 Å². The molecule has 0 atom stereocenters. The summed E-state index contributed by atoms with van der Waals surface area (Å²) >= 11 is 13.4. The molecular formula is C22H23Cl2N5OS. The van der Waals surface area contributed by atoms with Gasteiger partial charge in [0.05, 0.1) is 12.3 Å². The van der Waals surface area contributed by atoms with Crippen LogP contribution in [0, 0.1) is 0 Å². The van der Waals surface area contributed by atoms with Crippen molar-refractivity contribution in [1.82, 2.24) is 19.7 Å². The van der Waals surface area contributed by atoms with Gasteiger partial charge in [0.1, 0.15) is 0 Å². The van der Waals surface area contributed by atoms with Gasteiger partial charge in [-0.25, -0.2) is 0 Å². The van der Waals surface area contributed by atoms with E-state index >= 15 is 0 Å². The molecule has 1 fully saturated rings. The molecule has 1 saturated heterocycles. The van der Waals surface area contributed by atoms with Crippen LogP contribution >= 0.6 is 35.0 Å². The predicted molar refractivity (Wildman–Crippen MR) is 126 cm³/mol. The highest BCUT2D eigenvalue weighted by Crippen LogP contribution is 2.25. The van der Waals surface area contributed by atoms with Crippen molar-refractivity contribution in [3.63, 3.8) is 0 Å². The number of carbonyl (C=O) groups excluding carboxylic acids is 1. The molecule has 0 bridgehead atoms. The largest absolute Gasteiger partial charge is 0.325 e. The maximum atomic E-state index is 12.5. The van der Waals surface area contributed by atoms with E-state index in [-0.39, 0.29) is 11.7 Å². The highest BCUT2D eigenvalue weighted by molar-refractivity contribution is 7.99. The second kappa shape index (κ2) is 10.5. The zero-order chi connectivity index (χ0) is 21.6. The van der Waals surface area contributed by atoms with Gasteiger partial charge in [-0.15, -0.1) is 10.2 Å². The van der Waals surface area contributed by atoms with E-state index in [4.69, 9.17) is 23.2 Å². The lowest BCUT2D eigenvalue weighted by molar-refractivity contribution is -0.113. The van der Waals surface area contributed by atoms with E-state index in [1.54, 1.807) is 18.2 Å². The lowest BCUT2D eigenvalue weighted by atomic mass is 10.1. The second-order valence-corrected chi connectivity index (χ2v) is 9.22. The van der Waals surface area contributed by atoms with Gasteiger partial charge in [-0.1, -0.05) is 59.6 Å². The molecule has 162 valence electrons. The fourth-order valence-electron chi connectivity index (χ4n) is 3.60. The first-order valence-electron chi connectivity index (χ1n) is 10.2. The van der Waals surface area contributed by atoms with Crippen LogP contribution in [0.25, 0.3) is 5.69 Å². The highest BCUT2D eigenvalue weighted by Gasteiger charge is 2.19. The Morgan fingerprint density at radius 3 is 2.42 bits per heavy atom. The van der Waals surface area contributed by atoms with Crippen molar-refractivity contribution >= 4 is 46.6 Å². The Hall–Kier alpha value is -2.06. The Kier molecular flexibility index (Phi) is 7.50. The summed E-state index contributed by atoms with van der Waals surface area (Å²) in [5, 5.41) is 13.3. The number of carbonyl (C=O) groups is 1. The number of nitrogens with one attached hydrogen (secondary N) is 1. The number of aromatic nitrogens is 3. The van der Waals surface area contributed by atoms with E-state index in [0.29, 0.717) is 20.9 Å². The minimum Gasteiger partial charge on any atom is -0.325 e. The average Bonchev–Trinajstić information content (AvgIpc) is 3.15. The molecule has 0 saturated carbocycles. The first kappa shape index (κ1) is 22.1. The van der Waals surface area contributed by atoms with Crippen LogP contribution in [0.5, 0.6) is 0 Å². The van der Waals surface area contributed by atoms with Crippen molar-refractivity contribution in [2.45, 2.75) is 31.0 Å². The molecule has 9 heteroatoms. The van der Waals surface area contributed by atoms with Gasteiger partial charge >= 0.3 is 0 Å². The normalized spacial score (nSPS) is 14.5. The van der Waals surface area contributed by atoms with Crippen molar-refractivity contribution in [1.29, 1.82) is 0 Å². The smallest absolute Gasteiger partial charge is 0.234 e. The summed E-state index contributed by atoms with van der Waals surface area (Å²) in [6.07, 6.45) is 3.72. The number of hydrogen-bond acceptors (Lipinski definition) is 5. The summed E-state index contributed by atoms with van der Waals surface area (Å²) in [5.74, 6) is 0.917. The number of para-hydroxylation sites is 1. The van der Waals surface area contributed by atoms with Crippen molar-refractivity contribution < 1.29 is 4.79 Å². The van der Waals surface area contributed by atoms with Crippen molar-refractivity contribution in [2.75, 3.05) is 24.2 Å². The lowest BCUT2D eigenvalue weighted by Gasteiger charge is -2.26. The van der Waals surface area contributed by atoms with Gasteiger partial charge in [0.2, 0.25) is 5.91 Å². The van der Waals surface area contributed by atoms with E-state index in [9.17, 15) is 4.79 Å². The van der Waals surface area contributed by atoms with Gasteiger partial charge in [0, 0.05) is 21.4 Å².